The van der Waals surface area contributed by atoms with Gasteiger partial charge in [0.1, 0.15) is 11.6 Å². The van der Waals surface area contributed by atoms with Crippen LogP contribution in [-0.4, -0.2) is 11.8 Å². The molecule has 0 aliphatic heterocycles. The summed E-state index contributed by atoms with van der Waals surface area (Å²) < 4.78 is 27.0. The summed E-state index contributed by atoms with van der Waals surface area (Å²) in [6.45, 7) is 3.41. The van der Waals surface area contributed by atoms with E-state index in [1.165, 1.54) is 6.07 Å². The molecule has 0 bridgehead atoms. The second-order valence-electron chi connectivity index (χ2n) is 6.02. The number of amides is 2. The van der Waals surface area contributed by atoms with Gasteiger partial charge in [0.25, 0.3) is 0 Å². The number of hydrogen-bond acceptors (Lipinski definition) is 2. The Kier molecular flexibility index (Phi) is 5.32. The molecule has 0 fully saturated rings. The summed E-state index contributed by atoms with van der Waals surface area (Å²) in [6.07, 6.45) is 2.12. The first-order chi connectivity index (χ1) is 11.7. The third-order valence-corrected chi connectivity index (χ3v) is 3.89. The standard InChI is InChI=1S/C19H18F2N2O2/c1-19(2,18(22)25)12-6-8-13(9-7-12)23-17(24)11-10-14-15(20)4-3-5-16(14)21/h3-11H,1-2H3,(H2,22,25)(H,23,24)/b11-10-. The van der Waals surface area contributed by atoms with Gasteiger partial charge in [-0.25, -0.2) is 8.78 Å². The van der Waals surface area contributed by atoms with Crippen LogP contribution in [0.2, 0.25) is 0 Å². The molecule has 25 heavy (non-hydrogen) atoms. The van der Waals surface area contributed by atoms with Gasteiger partial charge in [0.15, 0.2) is 0 Å². The number of primary amides is 1. The Bertz CT molecular complexity index is 808. The van der Waals surface area contributed by atoms with Crippen LogP contribution in [-0.2, 0) is 15.0 Å². The van der Waals surface area contributed by atoms with Gasteiger partial charge in [0.2, 0.25) is 11.8 Å². The fourth-order valence-electron chi connectivity index (χ4n) is 2.13. The van der Waals surface area contributed by atoms with Crippen molar-refractivity contribution >= 4 is 23.6 Å². The smallest absolute Gasteiger partial charge is 0.248 e. The zero-order valence-corrected chi connectivity index (χ0v) is 13.8. The number of hydrogen-bond donors (Lipinski definition) is 2. The predicted molar refractivity (Wildman–Crippen MR) is 92.7 cm³/mol. The van der Waals surface area contributed by atoms with Crippen molar-refractivity contribution in [1.82, 2.24) is 0 Å². The van der Waals surface area contributed by atoms with E-state index in [0.717, 1.165) is 24.3 Å². The molecule has 6 heteroatoms. The van der Waals surface area contributed by atoms with E-state index in [1.807, 2.05) is 0 Å². The van der Waals surface area contributed by atoms with E-state index in [0.29, 0.717) is 11.3 Å². The number of carbonyl (C=O) groups excluding carboxylic acids is 2. The molecule has 0 heterocycles. The van der Waals surface area contributed by atoms with Crippen molar-refractivity contribution < 1.29 is 18.4 Å². The maximum atomic E-state index is 13.5. The Morgan fingerprint density at radius 2 is 1.60 bits per heavy atom. The lowest BCUT2D eigenvalue weighted by Gasteiger charge is -2.21. The predicted octanol–water partition coefficient (Wildman–Crippen LogP) is 3.38. The summed E-state index contributed by atoms with van der Waals surface area (Å²) in [5.74, 6) is -2.49. The molecule has 0 saturated heterocycles. The number of anilines is 1. The summed E-state index contributed by atoms with van der Waals surface area (Å²) in [6, 6.07) is 10.1. The number of nitrogens with one attached hydrogen (secondary N) is 1. The Morgan fingerprint density at radius 1 is 1.04 bits per heavy atom. The van der Waals surface area contributed by atoms with Crippen LogP contribution in [0.1, 0.15) is 25.0 Å². The molecular formula is C19H18F2N2O2. The van der Waals surface area contributed by atoms with Crippen molar-refractivity contribution in [1.29, 1.82) is 0 Å². The zero-order valence-electron chi connectivity index (χ0n) is 13.8. The highest BCUT2D eigenvalue weighted by molar-refractivity contribution is 6.02. The van der Waals surface area contributed by atoms with Crippen LogP contribution >= 0.6 is 0 Å². The maximum Gasteiger partial charge on any atom is 0.248 e. The van der Waals surface area contributed by atoms with Crippen molar-refractivity contribution in [3.05, 3.63) is 71.3 Å². The van der Waals surface area contributed by atoms with Gasteiger partial charge in [0, 0.05) is 17.3 Å². The highest BCUT2D eigenvalue weighted by Gasteiger charge is 2.26. The summed E-state index contributed by atoms with van der Waals surface area (Å²) >= 11 is 0. The molecule has 2 amide bonds. The van der Waals surface area contributed by atoms with E-state index < -0.39 is 28.9 Å². The molecule has 0 unspecified atom stereocenters. The lowest BCUT2D eigenvalue weighted by molar-refractivity contribution is -0.122. The Balaban J connectivity index is 2.09. The largest absolute Gasteiger partial charge is 0.369 e. The topological polar surface area (TPSA) is 72.2 Å². The average Bonchev–Trinajstić information content (AvgIpc) is 2.54. The molecule has 0 radical (unpaired) electrons. The third-order valence-electron chi connectivity index (χ3n) is 3.89. The van der Waals surface area contributed by atoms with Crippen molar-refractivity contribution in [2.24, 2.45) is 5.73 Å². The van der Waals surface area contributed by atoms with E-state index in [4.69, 9.17) is 5.73 Å². The van der Waals surface area contributed by atoms with Gasteiger partial charge in [-0.3, -0.25) is 9.59 Å². The fraction of sp³-hybridized carbons (Fsp3) is 0.158. The summed E-state index contributed by atoms with van der Waals surface area (Å²) in [7, 11) is 0. The molecule has 4 nitrogen and oxygen atoms in total. The van der Waals surface area contributed by atoms with Crippen molar-refractivity contribution in [3.8, 4) is 0 Å². The molecule has 2 aromatic rings. The minimum absolute atomic E-state index is 0.281. The average molecular weight is 344 g/mol. The first-order valence-electron chi connectivity index (χ1n) is 7.55. The highest BCUT2D eigenvalue weighted by Crippen LogP contribution is 2.24. The van der Waals surface area contributed by atoms with Crippen LogP contribution < -0.4 is 11.1 Å². The minimum Gasteiger partial charge on any atom is -0.369 e. The van der Waals surface area contributed by atoms with Crippen LogP contribution in [0.25, 0.3) is 6.08 Å². The first kappa shape index (κ1) is 18.3. The normalized spacial score (nSPS) is 11.5. The lowest BCUT2D eigenvalue weighted by Crippen LogP contribution is -2.35. The number of rotatable bonds is 5. The van der Waals surface area contributed by atoms with E-state index in [9.17, 15) is 18.4 Å². The fourth-order valence-corrected chi connectivity index (χ4v) is 2.13. The maximum absolute atomic E-state index is 13.5. The van der Waals surface area contributed by atoms with Crippen molar-refractivity contribution in [2.75, 3.05) is 5.32 Å². The zero-order chi connectivity index (χ0) is 18.6. The van der Waals surface area contributed by atoms with Crippen LogP contribution in [0.5, 0.6) is 0 Å². The third kappa shape index (κ3) is 4.29. The quantitative estimate of drug-likeness (QED) is 0.816. The number of nitrogens with two attached hydrogens (primary N) is 1. The summed E-state index contributed by atoms with van der Waals surface area (Å²) in [5, 5.41) is 2.57. The van der Waals surface area contributed by atoms with Crippen LogP contribution in [0.4, 0.5) is 14.5 Å². The van der Waals surface area contributed by atoms with E-state index in [2.05, 4.69) is 5.32 Å². The molecule has 130 valence electrons. The van der Waals surface area contributed by atoms with E-state index >= 15 is 0 Å². The first-order valence-corrected chi connectivity index (χ1v) is 7.55. The van der Waals surface area contributed by atoms with Gasteiger partial charge < -0.3 is 11.1 Å². The van der Waals surface area contributed by atoms with Gasteiger partial charge in [-0.1, -0.05) is 18.2 Å². The minimum atomic E-state index is -0.829. The summed E-state index contributed by atoms with van der Waals surface area (Å²) in [4.78, 5) is 23.3. The van der Waals surface area contributed by atoms with Crippen LogP contribution in [0.3, 0.4) is 0 Å². The Labute approximate surface area is 144 Å². The van der Waals surface area contributed by atoms with Gasteiger partial charge in [-0.2, -0.15) is 0 Å². The Morgan fingerprint density at radius 3 is 2.12 bits per heavy atom. The molecular weight excluding hydrogens is 326 g/mol. The Hall–Kier alpha value is -3.02. The molecule has 3 N–H and O–H groups in total. The van der Waals surface area contributed by atoms with Gasteiger partial charge >= 0.3 is 0 Å². The number of halogens is 2. The molecule has 0 aliphatic rings. The monoisotopic (exact) mass is 344 g/mol. The molecule has 0 aliphatic carbocycles. The summed E-state index contributed by atoms with van der Waals surface area (Å²) in [5.41, 5.74) is 5.44. The van der Waals surface area contributed by atoms with E-state index in [-0.39, 0.29) is 5.56 Å². The second-order valence-corrected chi connectivity index (χ2v) is 6.02. The SMILES string of the molecule is CC(C)(C(N)=O)c1ccc(NC(=O)/C=C\c2c(F)cccc2F)cc1. The van der Waals surface area contributed by atoms with Crippen LogP contribution in [0.15, 0.2) is 48.5 Å². The lowest BCUT2D eigenvalue weighted by atomic mass is 9.84. The second kappa shape index (κ2) is 7.25. The molecule has 2 aromatic carbocycles. The van der Waals surface area contributed by atoms with Crippen molar-refractivity contribution in [3.63, 3.8) is 0 Å². The molecule has 0 saturated carbocycles. The van der Waals surface area contributed by atoms with Crippen LogP contribution in [0, 0.1) is 11.6 Å². The number of carbonyl (C=O) groups is 2. The molecule has 0 spiro atoms. The molecule has 0 atom stereocenters. The van der Waals surface area contributed by atoms with Gasteiger partial charge in [-0.15, -0.1) is 0 Å². The molecule has 2 rings (SSSR count). The highest BCUT2D eigenvalue weighted by atomic mass is 19.1. The number of benzene rings is 2. The van der Waals surface area contributed by atoms with Gasteiger partial charge in [-0.05, 0) is 49.8 Å². The molecule has 0 aromatic heterocycles. The van der Waals surface area contributed by atoms with E-state index in [1.54, 1.807) is 38.1 Å². The van der Waals surface area contributed by atoms with Gasteiger partial charge in [0.05, 0.1) is 5.41 Å². The van der Waals surface area contributed by atoms with Crippen molar-refractivity contribution in [2.45, 2.75) is 19.3 Å².